The first-order chi connectivity index (χ1) is 5.89. The number of carbonyl (C=O) groups is 1. The summed E-state index contributed by atoms with van der Waals surface area (Å²) >= 11 is 0. The molecule has 0 atom stereocenters. The molecule has 1 rings (SSSR count). The lowest BCUT2D eigenvalue weighted by molar-refractivity contribution is -0.120. The standard InChI is InChI=1S/C6H11NO.BF4/c8-6-4-2-1-3-5-7-6;2-1(3,4)5/h1-5H2,(H,7,8);/q;-1/p+1. The molecule has 2 nitrogen and oxygen atoms in total. The summed E-state index contributed by atoms with van der Waals surface area (Å²) in [5.74, 6) is 0.225. The summed E-state index contributed by atoms with van der Waals surface area (Å²) in [5.41, 5.74) is 0. The Labute approximate surface area is 75.3 Å². The molecule has 0 unspecified atom stereocenters. The summed E-state index contributed by atoms with van der Waals surface area (Å²) in [6.07, 6.45) is 4.18. The minimum absolute atomic E-state index is 0. The van der Waals surface area contributed by atoms with Gasteiger partial charge in [0, 0.05) is 13.0 Å². The van der Waals surface area contributed by atoms with Gasteiger partial charge in [-0.1, -0.05) is 6.42 Å². The second kappa shape index (κ2) is 5.82. The highest BCUT2D eigenvalue weighted by atomic mass is 19.5. The van der Waals surface area contributed by atoms with E-state index in [0.717, 1.165) is 25.8 Å². The zero-order valence-corrected chi connectivity index (χ0v) is 7.03. The Balaban J connectivity index is 0. The average Bonchev–Trinajstić information content (AvgIpc) is 2.12. The van der Waals surface area contributed by atoms with Gasteiger partial charge in [0.05, 0.1) is 0 Å². The third-order valence-corrected chi connectivity index (χ3v) is 1.40. The lowest BCUT2D eigenvalue weighted by atomic mass is 10.2. The van der Waals surface area contributed by atoms with Crippen molar-refractivity contribution in [2.24, 2.45) is 0 Å². The summed E-state index contributed by atoms with van der Waals surface area (Å²) in [5, 5.41) is 2.81. The zero-order chi connectivity index (χ0) is 10.3. The van der Waals surface area contributed by atoms with Crippen LogP contribution in [-0.2, 0) is 4.79 Å². The Kier molecular flexibility index (Phi) is 5.49. The molecule has 0 radical (unpaired) electrons. The molecule has 78 valence electrons. The molecule has 1 N–H and O–H groups in total. The molecular weight excluding hydrogens is 189 g/mol. The van der Waals surface area contributed by atoms with Crippen molar-refractivity contribution in [1.29, 1.82) is 0 Å². The molecule has 0 aromatic heterocycles. The predicted molar refractivity (Wildman–Crippen MR) is 42.8 cm³/mol. The molecule has 1 heterocycles. The topological polar surface area (TPSA) is 29.1 Å². The third kappa shape index (κ3) is 14.1. The van der Waals surface area contributed by atoms with Gasteiger partial charge in [-0.25, -0.2) is 0 Å². The van der Waals surface area contributed by atoms with E-state index in [9.17, 15) is 22.1 Å². The van der Waals surface area contributed by atoms with Crippen LogP contribution in [0.5, 0.6) is 0 Å². The molecular formula is C6H12BF4NO. The van der Waals surface area contributed by atoms with Crippen LogP contribution in [0.3, 0.4) is 0 Å². The minimum atomic E-state index is -6.00. The van der Waals surface area contributed by atoms with Gasteiger partial charge in [0.2, 0.25) is 5.91 Å². The quantitative estimate of drug-likeness (QED) is 0.471. The van der Waals surface area contributed by atoms with Gasteiger partial charge in [0.15, 0.2) is 0 Å². The summed E-state index contributed by atoms with van der Waals surface area (Å²) in [4.78, 5) is 10.6. The average molecular weight is 201 g/mol. The first kappa shape index (κ1) is 12.3. The van der Waals surface area contributed by atoms with Gasteiger partial charge in [0.1, 0.15) is 0 Å². The van der Waals surface area contributed by atoms with Crippen molar-refractivity contribution in [3.63, 3.8) is 0 Å². The summed E-state index contributed by atoms with van der Waals surface area (Å²) < 4.78 is 39.0. The zero-order valence-electron chi connectivity index (χ0n) is 8.03. The van der Waals surface area contributed by atoms with E-state index in [4.69, 9.17) is 0 Å². The molecule has 0 aliphatic carbocycles. The van der Waals surface area contributed by atoms with Gasteiger partial charge in [-0.3, -0.25) is 4.79 Å². The predicted octanol–water partition coefficient (Wildman–Crippen LogP) is 2.09. The van der Waals surface area contributed by atoms with Crippen molar-refractivity contribution in [1.82, 2.24) is 5.32 Å². The molecule has 0 aromatic rings. The van der Waals surface area contributed by atoms with Crippen LogP contribution in [-0.4, -0.2) is 19.7 Å². The van der Waals surface area contributed by atoms with E-state index in [0.29, 0.717) is 0 Å². The molecule has 7 heteroatoms. The van der Waals surface area contributed by atoms with E-state index in [1.54, 1.807) is 0 Å². The number of halogens is 4. The Morgan fingerprint density at radius 3 is 2.23 bits per heavy atom. The van der Waals surface area contributed by atoms with Crippen LogP contribution in [0.25, 0.3) is 0 Å². The minimum Gasteiger partial charge on any atom is -0.418 e. The van der Waals surface area contributed by atoms with Crippen LogP contribution in [0, 0.1) is 0 Å². The molecule has 0 saturated carbocycles. The maximum Gasteiger partial charge on any atom is 1.00 e. The van der Waals surface area contributed by atoms with Crippen LogP contribution in [0.1, 0.15) is 27.1 Å². The Hall–Kier alpha value is -0.745. The lowest BCUT2D eigenvalue weighted by Gasteiger charge is -1.94. The van der Waals surface area contributed by atoms with Gasteiger partial charge in [0.25, 0.3) is 0 Å². The van der Waals surface area contributed by atoms with Crippen LogP contribution >= 0.6 is 0 Å². The maximum atomic E-state index is 10.6. The first-order valence-electron chi connectivity index (χ1n) is 4.03. The van der Waals surface area contributed by atoms with Gasteiger partial charge in [-0.2, -0.15) is 0 Å². The van der Waals surface area contributed by atoms with E-state index in [1.165, 1.54) is 6.42 Å². The number of nitrogens with one attached hydrogen (secondary N) is 1. The molecule has 0 spiro atoms. The fraction of sp³-hybridized carbons (Fsp3) is 0.833. The van der Waals surface area contributed by atoms with Crippen molar-refractivity contribution in [2.75, 3.05) is 6.54 Å². The van der Waals surface area contributed by atoms with E-state index in [1.807, 2.05) is 0 Å². The SMILES string of the molecule is F[B-](F)(F)F.O=C1CCCCCN1.[H+]. The fourth-order valence-electron chi connectivity index (χ4n) is 0.904. The summed E-state index contributed by atoms with van der Waals surface area (Å²) in [6.45, 7) is 0.888. The molecule has 1 aliphatic rings. The molecule has 0 aromatic carbocycles. The largest absolute Gasteiger partial charge is 1.00 e. The third-order valence-electron chi connectivity index (χ3n) is 1.40. The number of hydrogen-bond acceptors (Lipinski definition) is 1. The molecule has 13 heavy (non-hydrogen) atoms. The van der Waals surface area contributed by atoms with Crippen LogP contribution in [0.15, 0.2) is 0 Å². The van der Waals surface area contributed by atoms with Crippen molar-refractivity contribution in [2.45, 2.75) is 25.7 Å². The highest BCUT2D eigenvalue weighted by molar-refractivity contribution is 6.50. The Morgan fingerprint density at radius 1 is 1.15 bits per heavy atom. The second-order valence-electron chi connectivity index (χ2n) is 2.66. The van der Waals surface area contributed by atoms with Gasteiger partial charge in [-0.05, 0) is 12.8 Å². The Bertz CT molecular complexity index is 150. The number of carbonyl (C=O) groups excluding carboxylic acids is 1. The molecule has 1 amide bonds. The van der Waals surface area contributed by atoms with Crippen molar-refractivity contribution < 1.29 is 23.5 Å². The number of hydrogen-bond donors (Lipinski definition) is 1. The summed E-state index contributed by atoms with van der Waals surface area (Å²) in [7, 11) is -6.00. The number of amides is 1. The highest BCUT2D eigenvalue weighted by Gasteiger charge is 2.20. The van der Waals surface area contributed by atoms with Gasteiger partial charge < -0.3 is 22.6 Å². The smallest absolute Gasteiger partial charge is 0.418 e. The molecule has 0 bridgehead atoms. The monoisotopic (exact) mass is 201 g/mol. The molecule has 1 saturated heterocycles. The summed E-state index contributed by atoms with van der Waals surface area (Å²) in [6, 6.07) is 0. The van der Waals surface area contributed by atoms with Gasteiger partial charge >= 0.3 is 8.68 Å². The van der Waals surface area contributed by atoms with Crippen molar-refractivity contribution >= 4 is 13.2 Å². The van der Waals surface area contributed by atoms with Crippen LogP contribution in [0.4, 0.5) is 17.3 Å². The lowest BCUT2D eigenvalue weighted by Crippen LogP contribution is -2.21. The van der Waals surface area contributed by atoms with Crippen LogP contribution < -0.4 is 5.32 Å². The molecule has 1 fully saturated rings. The highest BCUT2D eigenvalue weighted by Crippen LogP contribution is 2.06. The van der Waals surface area contributed by atoms with Gasteiger partial charge in [-0.15, -0.1) is 0 Å². The van der Waals surface area contributed by atoms with Crippen LogP contribution in [0.2, 0.25) is 0 Å². The fourth-order valence-corrected chi connectivity index (χ4v) is 0.904. The Morgan fingerprint density at radius 2 is 1.69 bits per heavy atom. The number of rotatable bonds is 0. The van der Waals surface area contributed by atoms with Crippen molar-refractivity contribution in [3.8, 4) is 0 Å². The van der Waals surface area contributed by atoms with E-state index < -0.39 is 7.25 Å². The van der Waals surface area contributed by atoms with E-state index in [2.05, 4.69) is 5.32 Å². The van der Waals surface area contributed by atoms with Crippen molar-refractivity contribution in [3.05, 3.63) is 0 Å². The molecule has 1 aliphatic heterocycles. The normalized spacial score (nSPS) is 18.0. The first-order valence-corrected chi connectivity index (χ1v) is 4.03. The second-order valence-corrected chi connectivity index (χ2v) is 2.66. The van der Waals surface area contributed by atoms with E-state index in [-0.39, 0.29) is 7.33 Å². The van der Waals surface area contributed by atoms with E-state index >= 15 is 0 Å². The maximum absolute atomic E-state index is 10.6.